The third-order valence-electron chi connectivity index (χ3n) is 4.04. The fourth-order valence-electron chi connectivity index (χ4n) is 2.87. The Labute approximate surface area is 148 Å². The Kier molecular flexibility index (Phi) is 4.90. The van der Waals surface area contributed by atoms with Gasteiger partial charge in [0.1, 0.15) is 5.75 Å². The average molecular weight is 355 g/mol. The van der Waals surface area contributed by atoms with Crippen LogP contribution in [0.15, 0.2) is 53.5 Å². The van der Waals surface area contributed by atoms with E-state index in [-0.39, 0.29) is 30.0 Å². The monoisotopic (exact) mass is 355 g/mol. The molecule has 0 aliphatic heterocycles. The van der Waals surface area contributed by atoms with Crippen LogP contribution in [0.2, 0.25) is 0 Å². The van der Waals surface area contributed by atoms with Crippen molar-refractivity contribution >= 4 is 17.1 Å². The summed E-state index contributed by atoms with van der Waals surface area (Å²) in [5.74, 6) is -0.161. The van der Waals surface area contributed by atoms with E-state index in [1.165, 1.54) is 6.20 Å². The van der Waals surface area contributed by atoms with Crippen molar-refractivity contribution in [2.24, 2.45) is 0 Å². The van der Waals surface area contributed by atoms with Crippen LogP contribution in [0.4, 0.5) is 4.79 Å². The van der Waals surface area contributed by atoms with Crippen molar-refractivity contribution in [1.82, 2.24) is 4.57 Å². The Hall–Kier alpha value is -3.32. The van der Waals surface area contributed by atoms with Crippen LogP contribution < -0.4 is 10.2 Å². The van der Waals surface area contributed by atoms with Gasteiger partial charge >= 0.3 is 6.16 Å². The zero-order chi connectivity index (χ0) is 18.7. The Morgan fingerprint density at radius 1 is 1.15 bits per heavy atom. The molecule has 0 aliphatic rings. The quantitative estimate of drug-likeness (QED) is 0.606. The molecule has 0 saturated heterocycles. The number of nitrogens with zero attached hydrogens (tertiary/aromatic N) is 1. The molecule has 0 radical (unpaired) electrons. The lowest BCUT2D eigenvalue weighted by Crippen LogP contribution is -2.17. The molecule has 3 N–H and O–H groups in total. The molecule has 0 unspecified atom stereocenters. The van der Waals surface area contributed by atoms with Crippen LogP contribution in [0.5, 0.6) is 11.5 Å². The summed E-state index contributed by atoms with van der Waals surface area (Å²) in [5.41, 5.74) is 1.50. The SMILES string of the molecule is O=C(O)Oc1cn(CCO)c2ccc(Cc3ccccc3O)cc2c1=O. The fourth-order valence-corrected chi connectivity index (χ4v) is 2.87. The third-order valence-corrected chi connectivity index (χ3v) is 4.04. The van der Waals surface area contributed by atoms with Crippen molar-refractivity contribution in [2.45, 2.75) is 13.0 Å². The van der Waals surface area contributed by atoms with Crippen LogP contribution in [0.1, 0.15) is 11.1 Å². The first-order chi connectivity index (χ1) is 12.5. The third kappa shape index (κ3) is 3.52. The van der Waals surface area contributed by atoms with Gasteiger partial charge in [-0.3, -0.25) is 4.79 Å². The van der Waals surface area contributed by atoms with Gasteiger partial charge in [0.2, 0.25) is 5.43 Å². The van der Waals surface area contributed by atoms with Gasteiger partial charge < -0.3 is 24.6 Å². The molecule has 3 aromatic rings. The van der Waals surface area contributed by atoms with Gasteiger partial charge in [0.15, 0.2) is 5.75 Å². The molecule has 0 atom stereocenters. The van der Waals surface area contributed by atoms with Gasteiger partial charge in [-0.2, -0.15) is 0 Å². The molecule has 2 aromatic carbocycles. The van der Waals surface area contributed by atoms with E-state index in [2.05, 4.69) is 4.74 Å². The molecule has 0 saturated carbocycles. The van der Waals surface area contributed by atoms with E-state index >= 15 is 0 Å². The number of rotatable bonds is 5. The van der Waals surface area contributed by atoms with Crippen LogP contribution in [-0.4, -0.2) is 32.6 Å². The number of carboxylic acid groups (broad SMARTS) is 1. The number of aliphatic hydroxyl groups excluding tert-OH is 1. The number of aromatic hydroxyl groups is 1. The number of aliphatic hydroxyl groups is 1. The largest absolute Gasteiger partial charge is 0.511 e. The van der Waals surface area contributed by atoms with E-state index in [4.69, 9.17) is 5.11 Å². The fraction of sp³-hybridized carbons (Fsp3) is 0.158. The number of para-hydroxylation sites is 1. The highest BCUT2D eigenvalue weighted by Crippen LogP contribution is 2.23. The van der Waals surface area contributed by atoms with Crippen LogP contribution in [0, 0.1) is 0 Å². The van der Waals surface area contributed by atoms with E-state index < -0.39 is 11.6 Å². The predicted molar refractivity (Wildman–Crippen MR) is 94.9 cm³/mol. The lowest BCUT2D eigenvalue weighted by molar-refractivity contribution is 0.143. The van der Waals surface area contributed by atoms with Crippen LogP contribution in [0.25, 0.3) is 10.9 Å². The van der Waals surface area contributed by atoms with E-state index in [0.717, 1.165) is 5.56 Å². The van der Waals surface area contributed by atoms with Gasteiger partial charge in [-0.15, -0.1) is 0 Å². The normalized spacial score (nSPS) is 10.8. The molecule has 134 valence electrons. The summed E-state index contributed by atoms with van der Waals surface area (Å²) in [6.07, 6.45) is 0.103. The number of aromatic nitrogens is 1. The van der Waals surface area contributed by atoms with E-state index in [0.29, 0.717) is 17.5 Å². The van der Waals surface area contributed by atoms with E-state index in [9.17, 15) is 19.8 Å². The van der Waals surface area contributed by atoms with Gasteiger partial charge in [0.25, 0.3) is 0 Å². The second-order valence-corrected chi connectivity index (χ2v) is 5.76. The molecule has 1 heterocycles. The lowest BCUT2D eigenvalue weighted by Gasteiger charge is -2.13. The average Bonchev–Trinajstić information content (AvgIpc) is 2.61. The van der Waals surface area contributed by atoms with Gasteiger partial charge in [-0.05, 0) is 29.3 Å². The zero-order valence-electron chi connectivity index (χ0n) is 13.8. The number of hydrogen-bond donors (Lipinski definition) is 3. The first kappa shape index (κ1) is 17.5. The number of hydrogen-bond acceptors (Lipinski definition) is 5. The van der Waals surface area contributed by atoms with Crippen molar-refractivity contribution in [3.05, 3.63) is 70.0 Å². The maximum atomic E-state index is 12.6. The van der Waals surface area contributed by atoms with Crippen molar-refractivity contribution in [2.75, 3.05) is 6.61 Å². The number of fused-ring (bicyclic) bond motifs is 1. The van der Waals surface area contributed by atoms with Crippen molar-refractivity contribution in [1.29, 1.82) is 0 Å². The number of phenols is 1. The topological polar surface area (TPSA) is 109 Å². The number of carbonyl (C=O) groups is 1. The molecule has 1 aromatic heterocycles. The summed E-state index contributed by atoms with van der Waals surface area (Å²) >= 11 is 0. The maximum Gasteiger partial charge on any atom is 0.511 e. The van der Waals surface area contributed by atoms with Crippen LogP contribution in [0.3, 0.4) is 0 Å². The van der Waals surface area contributed by atoms with Crippen molar-refractivity contribution in [3.63, 3.8) is 0 Å². The summed E-state index contributed by atoms with van der Waals surface area (Å²) in [5, 5.41) is 28.2. The summed E-state index contributed by atoms with van der Waals surface area (Å²) in [7, 11) is 0. The highest BCUT2D eigenvalue weighted by atomic mass is 16.7. The summed E-state index contributed by atoms with van der Waals surface area (Å²) < 4.78 is 6.15. The van der Waals surface area contributed by atoms with Gasteiger partial charge in [-0.1, -0.05) is 24.3 Å². The summed E-state index contributed by atoms with van der Waals surface area (Å²) in [6.45, 7) is 0.00962. The molecule has 0 amide bonds. The van der Waals surface area contributed by atoms with Crippen molar-refractivity contribution in [3.8, 4) is 11.5 Å². The number of benzene rings is 2. The maximum absolute atomic E-state index is 12.6. The van der Waals surface area contributed by atoms with Crippen LogP contribution >= 0.6 is 0 Å². The second-order valence-electron chi connectivity index (χ2n) is 5.76. The van der Waals surface area contributed by atoms with Gasteiger partial charge in [0.05, 0.1) is 18.3 Å². The molecule has 3 rings (SSSR count). The first-order valence-corrected chi connectivity index (χ1v) is 7.94. The van der Waals surface area contributed by atoms with Gasteiger partial charge in [-0.25, -0.2) is 4.79 Å². The highest BCUT2D eigenvalue weighted by molar-refractivity contribution is 5.81. The highest BCUT2D eigenvalue weighted by Gasteiger charge is 2.14. The first-order valence-electron chi connectivity index (χ1n) is 7.94. The van der Waals surface area contributed by atoms with Crippen LogP contribution in [-0.2, 0) is 13.0 Å². The minimum absolute atomic E-state index is 0.160. The Bertz CT molecular complexity index is 1020. The molecule has 7 nitrogen and oxygen atoms in total. The second kappa shape index (κ2) is 7.28. The minimum atomic E-state index is -1.58. The summed E-state index contributed by atoms with van der Waals surface area (Å²) in [6, 6.07) is 12.1. The Balaban J connectivity index is 2.12. The molecule has 7 heteroatoms. The Morgan fingerprint density at radius 2 is 1.92 bits per heavy atom. The van der Waals surface area contributed by atoms with Crippen molar-refractivity contribution < 1.29 is 24.9 Å². The van der Waals surface area contributed by atoms with E-state index in [1.54, 1.807) is 34.9 Å². The van der Waals surface area contributed by atoms with E-state index in [1.807, 2.05) is 12.1 Å². The summed E-state index contributed by atoms with van der Waals surface area (Å²) in [4.78, 5) is 23.4. The molecule has 0 spiro atoms. The molecule has 26 heavy (non-hydrogen) atoms. The predicted octanol–water partition coefficient (Wildman–Crippen LogP) is 2.35. The molecular weight excluding hydrogens is 338 g/mol. The molecule has 0 bridgehead atoms. The Morgan fingerprint density at radius 3 is 2.62 bits per heavy atom. The molecule has 0 aliphatic carbocycles. The molecule has 0 fully saturated rings. The standard InChI is InChI=1S/C19H17NO6/c21-8-7-20-11-17(26-19(24)25)18(23)14-10-12(5-6-15(14)20)9-13-3-1-2-4-16(13)22/h1-6,10-11,21-22H,7-9H2,(H,24,25). The lowest BCUT2D eigenvalue weighted by atomic mass is 10.0. The number of phenolic OH excluding ortho intramolecular Hbond substituents is 1. The minimum Gasteiger partial charge on any atom is -0.508 e. The van der Waals surface area contributed by atoms with Gasteiger partial charge in [0, 0.05) is 18.4 Å². The number of ether oxygens (including phenoxy) is 1. The zero-order valence-corrected chi connectivity index (χ0v) is 13.8. The smallest absolute Gasteiger partial charge is 0.508 e. The molecular formula is C19H17NO6. The number of pyridine rings is 1.